The van der Waals surface area contributed by atoms with E-state index in [9.17, 15) is 0 Å². The lowest BCUT2D eigenvalue weighted by molar-refractivity contribution is 0.242. The molecule has 19 heavy (non-hydrogen) atoms. The van der Waals surface area contributed by atoms with E-state index in [1.807, 2.05) is 18.2 Å². The maximum Gasteiger partial charge on any atom is 0.264 e. The highest BCUT2D eigenvalue weighted by Crippen LogP contribution is 2.19. The van der Waals surface area contributed by atoms with Crippen LogP contribution in [0.15, 0.2) is 28.8 Å². The molecule has 1 N–H and O–H groups in total. The van der Waals surface area contributed by atoms with Crippen LogP contribution in [-0.4, -0.2) is 16.7 Å². The largest absolute Gasteiger partial charge is 0.484 e. The minimum absolute atomic E-state index is 0.292. The van der Waals surface area contributed by atoms with Gasteiger partial charge in [-0.1, -0.05) is 24.2 Å². The van der Waals surface area contributed by atoms with Crippen LogP contribution in [0.3, 0.4) is 0 Å². The predicted octanol–water partition coefficient (Wildman–Crippen LogP) is 2.63. The summed E-state index contributed by atoms with van der Waals surface area (Å²) in [6, 6.07) is 8.32. The van der Waals surface area contributed by atoms with Crippen LogP contribution in [-0.2, 0) is 6.61 Å². The summed E-state index contributed by atoms with van der Waals surface area (Å²) in [6.45, 7) is 7.23. The molecule has 0 aliphatic rings. The first kappa shape index (κ1) is 13.5. The Morgan fingerprint density at radius 3 is 2.95 bits per heavy atom. The molecule has 2 aromatic rings. The van der Waals surface area contributed by atoms with E-state index in [0.717, 1.165) is 12.3 Å². The van der Waals surface area contributed by atoms with Gasteiger partial charge >= 0.3 is 0 Å². The molecule has 1 heterocycles. The van der Waals surface area contributed by atoms with Gasteiger partial charge in [-0.2, -0.15) is 4.98 Å². The molecule has 0 spiro atoms. The molecular weight excluding hydrogens is 242 g/mol. The second-order valence-electron chi connectivity index (χ2n) is 4.38. The van der Waals surface area contributed by atoms with E-state index in [1.54, 1.807) is 6.92 Å². The lowest BCUT2D eigenvalue weighted by Gasteiger charge is -2.13. The van der Waals surface area contributed by atoms with Crippen molar-refractivity contribution in [3.8, 4) is 5.75 Å². The summed E-state index contributed by atoms with van der Waals surface area (Å²) in [5, 5.41) is 7.09. The van der Waals surface area contributed by atoms with Gasteiger partial charge in [-0.25, -0.2) is 0 Å². The summed E-state index contributed by atoms with van der Waals surface area (Å²) < 4.78 is 10.7. The van der Waals surface area contributed by atoms with Crippen LogP contribution in [0, 0.1) is 6.92 Å². The highest BCUT2D eigenvalue weighted by atomic mass is 16.5. The molecule has 2 rings (SSSR count). The number of hydrogen-bond acceptors (Lipinski definition) is 5. The maximum atomic E-state index is 5.65. The smallest absolute Gasteiger partial charge is 0.264 e. The Balaban J connectivity index is 1.98. The first-order valence-electron chi connectivity index (χ1n) is 6.44. The van der Waals surface area contributed by atoms with E-state index in [1.165, 1.54) is 5.56 Å². The van der Waals surface area contributed by atoms with Crippen molar-refractivity contribution in [1.82, 2.24) is 15.5 Å². The van der Waals surface area contributed by atoms with Gasteiger partial charge in [0.1, 0.15) is 5.75 Å². The van der Waals surface area contributed by atoms with E-state index in [4.69, 9.17) is 9.26 Å². The first-order chi connectivity index (χ1) is 9.19. The van der Waals surface area contributed by atoms with Crippen molar-refractivity contribution in [3.05, 3.63) is 41.5 Å². The third-order valence-corrected chi connectivity index (χ3v) is 2.80. The SMILES string of the molecule is CCNC(C)c1cccc(OCc2nc(C)no2)c1. The van der Waals surface area contributed by atoms with Gasteiger partial charge in [-0.05, 0) is 38.1 Å². The van der Waals surface area contributed by atoms with Crippen LogP contribution in [0.5, 0.6) is 5.75 Å². The van der Waals surface area contributed by atoms with Gasteiger partial charge in [0.25, 0.3) is 5.89 Å². The van der Waals surface area contributed by atoms with Gasteiger partial charge in [-0.3, -0.25) is 0 Å². The van der Waals surface area contributed by atoms with Gasteiger partial charge < -0.3 is 14.6 Å². The lowest BCUT2D eigenvalue weighted by atomic mass is 10.1. The number of benzene rings is 1. The molecule has 1 unspecified atom stereocenters. The van der Waals surface area contributed by atoms with E-state index < -0.39 is 0 Å². The maximum absolute atomic E-state index is 5.65. The second-order valence-corrected chi connectivity index (χ2v) is 4.38. The molecule has 5 nitrogen and oxygen atoms in total. The van der Waals surface area contributed by atoms with Crippen molar-refractivity contribution >= 4 is 0 Å². The quantitative estimate of drug-likeness (QED) is 0.866. The average Bonchev–Trinajstić information content (AvgIpc) is 2.83. The molecule has 0 saturated carbocycles. The van der Waals surface area contributed by atoms with Gasteiger partial charge in [0, 0.05) is 6.04 Å². The molecule has 0 bridgehead atoms. The topological polar surface area (TPSA) is 60.2 Å². The Morgan fingerprint density at radius 2 is 2.26 bits per heavy atom. The van der Waals surface area contributed by atoms with Crippen molar-refractivity contribution in [1.29, 1.82) is 0 Å². The first-order valence-corrected chi connectivity index (χ1v) is 6.44. The van der Waals surface area contributed by atoms with Crippen LogP contribution in [0.25, 0.3) is 0 Å². The summed E-state index contributed by atoms with van der Waals surface area (Å²) in [4.78, 5) is 4.10. The Bertz CT molecular complexity index is 525. The van der Waals surface area contributed by atoms with E-state index >= 15 is 0 Å². The molecule has 1 atom stereocenters. The van der Waals surface area contributed by atoms with Crippen molar-refractivity contribution in [2.24, 2.45) is 0 Å². The predicted molar refractivity (Wildman–Crippen MR) is 71.9 cm³/mol. The summed E-state index contributed by atoms with van der Waals surface area (Å²) >= 11 is 0. The van der Waals surface area contributed by atoms with Gasteiger partial charge in [0.15, 0.2) is 12.4 Å². The Kier molecular flexibility index (Phi) is 4.52. The minimum Gasteiger partial charge on any atom is -0.484 e. The van der Waals surface area contributed by atoms with Crippen LogP contribution >= 0.6 is 0 Å². The number of hydrogen-bond donors (Lipinski definition) is 1. The van der Waals surface area contributed by atoms with Gasteiger partial charge in [0.2, 0.25) is 0 Å². The highest BCUT2D eigenvalue weighted by Gasteiger charge is 2.07. The van der Waals surface area contributed by atoms with E-state index in [-0.39, 0.29) is 0 Å². The van der Waals surface area contributed by atoms with Crippen LogP contribution in [0.1, 0.15) is 37.2 Å². The van der Waals surface area contributed by atoms with Crippen LogP contribution in [0.4, 0.5) is 0 Å². The summed E-state index contributed by atoms with van der Waals surface area (Å²) in [7, 11) is 0. The molecule has 0 aliphatic carbocycles. The number of rotatable bonds is 6. The summed E-state index contributed by atoms with van der Waals surface area (Å²) in [6.07, 6.45) is 0. The Labute approximate surface area is 113 Å². The molecule has 0 radical (unpaired) electrons. The van der Waals surface area contributed by atoms with Crippen molar-refractivity contribution in [2.45, 2.75) is 33.4 Å². The van der Waals surface area contributed by atoms with E-state index in [2.05, 4.69) is 35.4 Å². The zero-order valence-electron chi connectivity index (χ0n) is 11.5. The Morgan fingerprint density at radius 1 is 1.42 bits per heavy atom. The van der Waals surface area contributed by atoms with Gasteiger partial charge in [-0.15, -0.1) is 0 Å². The molecular formula is C14H19N3O2. The third kappa shape index (κ3) is 3.79. The van der Waals surface area contributed by atoms with Crippen molar-refractivity contribution < 1.29 is 9.26 Å². The Hall–Kier alpha value is -1.88. The molecule has 1 aromatic carbocycles. The fraction of sp³-hybridized carbons (Fsp3) is 0.429. The number of aryl methyl sites for hydroxylation is 1. The highest BCUT2D eigenvalue weighted by molar-refractivity contribution is 5.30. The standard InChI is InChI=1S/C14H19N3O2/c1-4-15-10(2)12-6-5-7-13(8-12)18-9-14-16-11(3)17-19-14/h5-8,10,15H,4,9H2,1-3H3. The molecule has 1 aromatic heterocycles. The normalized spacial score (nSPS) is 12.4. The van der Waals surface area contributed by atoms with Crippen LogP contribution < -0.4 is 10.1 Å². The number of nitrogens with one attached hydrogen (secondary N) is 1. The fourth-order valence-electron chi connectivity index (χ4n) is 1.84. The monoisotopic (exact) mass is 261 g/mol. The number of ether oxygens (including phenoxy) is 1. The molecule has 0 fully saturated rings. The zero-order valence-corrected chi connectivity index (χ0v) is 11.5. The summed E-state index contributed by atoms with van der Waals surface area (Å²) in [5.74, 6) is 1.91. The molecule has 0 aliphatic heterocycles. The molecule has 5 heteroatoms. The number of aromatic nitrogens is 2. The third-order valence-electron chi connectivity index (χ3n) is 2.80. The molecule has 0 saturated heterocycles. The summed E-state index contributed by atoms with van der Waals surface area (Å²) in [5.41, 5.74) is 1.20. The minimum atomic E-state index is 0.292. The second kappa shape index (κ2) is 6.33. The molecule has 0 amide bonds. The lowest BCUT2D eigenvalue weighted by Crippen LogP contribution is -2.17. The van der Waals surface area contributed by atoms with Gasteiger partial charge in [0.05, 0.1) is 0 Å². The molecule has 102 valence electrons. The van der Waals surface area contributed by atoms with Crippen LogP contribution in [0.2, 0.25) is 0 Å². The number of nitrogens with zero attached hydrogens (tertiary/aromatic N) is 2. The zero-order chi connectivity index (χ0) is 13.7. The fourth-order valence-corrected chi connectivity index (χ4v) is 1.84. The van der Waals surface area contributed by atoms with Crippen molar-refractivity contribution in [3.63, 3.8) is 0 Å². The average molecular weight is 261 g/mol. The van der Waals surface area contributed by atoms with E-state index in [0.29, 0.717) is 24.4 Å². The van der Waals surface area contributed by atoms with Crippen molar-refractivity contribution in [2.75, 3.05) is 6.54 Å².